The molecule has 7 heteroatoms. The number of benzene rings is 2. The topological polar surface area (TPSA) is 86.1 Å². The van der Waals surface area contributed by atoms with Gasteiger partial charge in [-0.25, -0.2) is 4.98 Å². The fourth-order valence-corrected chi connectivity index (χ4v) is 4.87. The number of aromatic nitrogens is 1. The second-order valence-electron chi connectivity index (χ2n) is 7.98. The zero-order valence-corrected chi connectivity index (χ0v) is 19.1. The van der Waals surface area contributed by atoms with E-state index in [0.717, 1.165) is 15.4 Å². The van der Waals surface area contributed by atoms with E-state index < -0.39 is 0 Å². The largest absolute Gasteiger partial charge is 0.339 e. The number of likely N-dealkylation sites (tertiary alicyclic amines) is 1. The highest BCUT2D eigenvalue weighted by atomic mass is 32.2. The number of rotatable bonds is 5. The van der Waals surface area contributed by atoms with Crippen LogP contribution in [0.5, 0.6) is 0 Å². The summed E-state index contributed by atoms with van der Waals surface area (Å²) < 4.78 is 0. The SMILES string of the molecule is Cc1ccnc(NC(=O)C2CCN(C(=O)c3ccccc3Sc3ccccc3C#N)CC2)c1. The van der Waals surface area contributed by atoms with E-state index in [9.17, 15) is 14.9 Å². The van der Waals surface area contributed by atoms with Gasteiger partial charge in [-0.3, -0.25) is 9.59 Å². The molecule has 0 bridgehead atoms. The number of aryl methyl sites for hydroxylation is 1. The summed E-state index contributed by atoms with van der Waals surface area (Å²) in [7, 11) is 0. The number of pyridine rings is 1. The molecular formula is C26H24N4O2S. The van der Waals surface area contributed by atoms with Gasteiger partial charge < -0.3 is 10.2 Å². The number of carbonyl (C=O) groups is 2. The standard InChI is InChI=1S/C26H24N4O2S/c1-18-10-13-28-24(16-18)29-25(31)19-11-14-30(15-12-19)26(32)21-7-3-5-9-23(21)33-22-8-4-2-6-20(22)17-27/h2-10,13,16,19H,11-12,14-15H2,1H3,(H,28,29,31). The van der Waals surface area contributed by atoms with Crippen LogP contribution in [0.15, 0.2) is 76.7 Å². The lowest BCUT2D eigenvalue weighted by molar-refractivity contribution is -0.121. The molecule has 0 atom stereocenters. The number of nitriles is 1. The van der Waals surface area contributed by atoms with E-state index in [0.29, 0.717) is 42.9 Å². The molecule has 2 aromatic carbocycles. The van der Waals surface area contributed by atoms with E-state index in [1.807, 2.05) is 66.4 Å². The number of piperidine rings is 1. The van der Waals surface area contributed by atoms with Crippen molar-refractivity contribution in [1.29, 1.82) is 5.26 Å². The summed E-state index contributed by atoms with van der Waals surface area (Å²) in [5.41, 5.74) is 2.23. The fraction of sp³-hybridized carbons (Fsp3) is 0.231. The highest BCUT2D eigenvalue weighted by molar-refractivity contribution is 7.99. The minimum absolute atomic E-state index is 0.0493. The molecule has 2 heterocycles. The van der Waals surface area contributed by atoms with Crippen LogP contribution < -0.4 is 5.32 Å². The van der Waals surface area contributed by atoms with Gasteiger partial charge >= 0.3 is 0 Å². The maximum Gasteiger partial charge on any atom is 0.255 e. The van der Waals surface area contributed by atoms with Crippen LogP contribution in [-0.2, 0) is 4.79 Å². The predicted molar refractivity (Wildman–Crippen MR) is 128 cm³/mol. The average Bonchev–Trinajstić information content (AvgIpc) is 2.84. The lowest BCUT2D eigenvalue weighted by Gasteiger charge is -2.31. The monoisotopic (exact) mass is 456 g/mol. The molecule has 6 nitrogen and oxygen atoms in total. The molecular weight excluding hydrogens is 432 g/mol. The van der Waals surface area contributed by atoms with Crippen LogP contribution in [0.3, 0.4) is 0 Å². The van der Waals surface area contributed by atoms with Gasteiger partial charge in [-0.05, 0) is 61.7 Å². The Morgan fingerprint density at radius 2 is 1.76 bits per heavy atom. The van der Waals surface area contributed by atoms with Crippen LogP contribution in [0.1, 0.15) is 34.3 Å². The number of hydrogen-bond donors (Lipinski definition) is 1. The van der Waals surface area contributed by atoms with Gasteiger partial charge in [0, 0.05) is 35.0 Å². The Morgan fingerprint density at radius 1 is 1.06 bits per heavy atom. The molecule has 1 aliphatic heterocycles. The molecule has 1 aliphatic rings. The first-order valence-electron chi connectivity index (χ1n) is 10.8. The van der Waals surface area contributed by atoms with E-state index in [2.05, 4.69) is 16.4 Å². The minimum Gasteiger partial charge on any atom is -0.339 e. The van der Waals surface area contributed by atoms with Gasteiger partial charge in [0.25, 0.3) is 5.91 Å². The van der Waals surface area contributed by atoms with E-state index in [1.165, 1.54) is 11.8 Å². The molecule has 1 fully saturated rings. The van der Waals surface area contributed by atoms with E-state index in [-0.39, 0.29) is 17.7 Å². The summed E-state index contributed by atoms with van der Waals surface area (Å²) in [5.74, 6) is 0.307. The van der Waals surface area contributed by atoms with E-state index in [1.54, 1.807) is 12.3 Å². The van der Waals surface area contributed by atoms with Gasteiger partial charge in [-0.2, -0.15) is 5.26 Å². The molecule has 0 saturated carbocycles. The first-order chi connectivity index (χ1) is 16.0. The van der Waals surface area contributed by atoms with Gasteiger partial charge in [0.1, 0.15) is 11.9 Å². The van der Waals surface area contributed by atoms with Gasteiger partial charge in [0.15, 0.2) is 0 Å². The molecule has 2 amide bonds. The van der Waals surface area contributed by atoms with Crippen molar-refractivity contribution in [3.8, 4) is 6.07 Å². The smallest absolute Gasteiger partial charge is 0.255 e. The van der Waals surface area contributed by atoms with Crippen molar-refractivity contribution in [2.75, 3.05) is 18.4 Å². The van der Waals surface area contributed by atoms with Crippen LogP contribution in [0.25, 0.3) is 0 Å². The minimum atomic E-state index is -0.150. The Labute approximate surface area is 197 Å². The molecule has 1 saturated heterocycles. The number of anilines is 1. The average molecular weight is 457 g/mol. The first kappa shape index (κ1) is 22.6. The number of amides is 2. The number of hydrogen-bond acceptors (Lipinski definition) is 5. The van der Waals surface area contributed by atoms with Crippen LogP contribution >= 0.6 is 11.8 Å². The zero-order valence-electron chi connectivity index (χ0n) is 18.3. The molecule has 33 heavy (non-hydrogen) atoms. The molecule has 3 aromatic rings. The Hall–Kier alpha value is -3.63. The van der Waals surface area contributed by atoms with Crippen molar-refractivity contribution in [3.63, 3.8) is 0 Å². The lowest BCUT2D eigenvalue weighted by Crippen LogP contribution is -2.41. The summed E-state index contributed by atoms with van der Waals surface area (Å²) in [5, 5.41) is 12.3. The van der Waals surface area contributed by atoms with E-state index >= 15 is 0 Å². The first-order valence-corrected chi connectivity index (χ1v) is 11.7. The molecule has 1 N–H and O–H groups in total. The third-order valence-corrected chi connectivity index (χ3v) is 6.82. The van der Waals surface area contributed by atoms with Gasteiger partial charge in [0.2, 0.25) is 5.91 Å². The fourth-order valence-electron chi connectivity index (χ4n) is 3.85. The third-order valence-electron chi connectivity index (χ3n) is 5.66. The predicted octanol–water partition coefficient (Wildman–Crippen LogP) is 4.90. The molecule has 1 aromatic heterocycles. The highest BCUT2D eigenvalue weighted by Crippen LogP contribution is 2.33. The summed E-state index contributed by atoms with van der Waals surface area (Å²) >= 11 is 1.42. The molecule has 0 aliphatic carbocycles. The number of nitrogens with zero attached hydrogens (tertiary/aromatic N) is 3. The number of carbonyl (C=O) groups excluding carboxylic acids is 2. The summed E-state index contributed by atoms with van der Waals surface area (Å²) in [6, 6.07) is 20.8. The molecule has 166 valence electrons. The molecule has 0 spiro atoms. The van der Waals surface area contributed by atoms with Crippen molar-refractivity contribution < 1.29 is 9.59 Å². The van der Waals surface area contributed by atoms with Gasteiger partial charge in [-0.15, -0.1) is 0 Å². The molecule has 0 unspecified atom stereocenters. The van der Waals surface area contributed by atoms with Crippen molar-refractivity contribution in [2.45, 2.75) is 29.6 Å². The quantitative estimate of drug-likeness (QED) is 0.590. The molecule has 0 radical (unpaired) electrons. The van der Waals surface area contributed by atoms with Crippen LogP contribution in [-0.4, -0.2) is 34.8 Å². The normalized spacial score (nSPS) is 13.9. The number of nitrogens with one attached hydrogen (secondary N) is 1. The summed E-state index contributed by atoms with van der Waals surface area (Å²) in [6.45, 7) is 2.99. The summed E-state index contributed by atoms with van der Waals surface area (Å²) in [6.07, 6.45) is 2.89. The Balaban J connectivity index is 1.41. The maximum absolute atomic E-state index is 13.3. The van der Waals surface area contributed by atoms with Crippen LogP contribution in [0, 0.1) is 24.2 Å². The van der Waals surface area contributed by atoms with Crippen molar-refractivity contribution >= 4 is 29.4 Å². The highest BCUT2D eigenvalue weighted by Gasteiger charge is 2.29. The van der Waals surface area contributed by atoms with Gasteiger partial charge in [0.05, 0.1) is 11.1 Å². The van der Waals surface area contributed by atoms with Crippen LogP contribution in [0.4, 0.5) is 5.82 Å². The Morgan fingerprint density at radius 3 is 2.48 bits per heavy atom. The van der Waals surface area contributed by atoms with Gasteiger partial charge in [-0.1, -0.05) is 36.0 Å². The molecule has 4 rings (SSSR count). The third kappa shape index (κ3) is 5.41. The Bertz CT molecular complexity index is 1210. The van der Waals surface area contributed by atoms with E-state index in [4.69, 9.17) is 0 Å². The maximum atomic E-state index is 13.3. The van der Waals surface area contributed by atoms with Crippen molar-refractivity contribution in [3.05, 3.63) is 83.6 Å². The van der Waals surface area contributed by atoms with Crippen molar-refractivity contribution in [2.24, 2.45) is 5.92 Å². The second kappa shape index (κ2) is 10.3. The summed E-state index contributed by atoms with van der Waals surface area (Å²) in [4.78, 5) is 33.6. The zero-order chi connectivity index (χ0) is 23.2. The lowest BCUT2D eigenvalue weighted by atomic mass is 9.95. The second-order valence-corrected chi connectivity index (χ2v) is 9.06. The van der Waals surface area contributed by atoms with Crippen molar-refractivity contribution in [1.82, 2.24) is 9.88 Å². The Kier molecular flexibility index (Phi) is 7.06. The van der Waals surface area contributed by atoms with Crippen LogP contribution in [0.2, 0.25) is 0 Å².